The Morgan fingerprint density at radius 1 is 1.12 bits per heavy atom. The van der Waals surface area contributed by atoms with E-state index < -0.39 is 8.32 Å². The van der Waals surface area contributed by atoms with Crippen molar-refractivity contribution in [3.8, 4) is 0 Å². The van der Waals surface area contributed by atoms with Crippen LogP contribution < -0.4 is 0 Å². The number of hydrogen-bond acceptors (Lipinski definition) is 2. The Labute approximate surface area is 105 Å². The normalized spacial score (nSPS) is 11.2. The van der Waals surface area contributed by atoms with Gasteiger partial charge in [-0.2, -0.15) is 0 Å². The summed E-state index contributed by atoms with van der Waals surface area (Å²) in [5, 5.41) is 0. The topological polar surface area (TPSA) is 18.5 Å². The van der Waals surface area contributed by atoms with Gasteiger partial charge in [0.15, 0.2) is 8.32 Å². The van der Waals surface area contributed by atoms with Crippen LogP contribution in [0.5, 0.6) is 0 Å². The van der Waals surface area contributed by atoms with Gasteiger partial charge in [0.05, 0.1) is 19.5 Å². The van der Waals surface area contributed by atoms with Crippen LogP contribution in [0.3, 0.4) is 0 Å². The molecule has 1 aromatic rings. The lowest BCUT2D eigenvalue weighted by molar-refractivity contribution is 0.255. The first-order valence-corrected chi connectivity index (χ1v) is 9.36. The molecule has 0 heterocycles. The molecule has 0 aliphatic carbocycles. The largest absolute Gasteiger partial charge is 0.501 e. The van der Waals surface area contributed by atoms with Crippen LogP contribution in [-0.2, 0) is 22.2 Å². The zero-order chi connectivity index (χ0) is 12.7. The summed E-state index contributed by atoms with van der Waals surface area (Å²) in [4.78, 5) is 0. The molecule has 1 aromatic carbocycles. The molecule has 2 nitrogen and oxygen atoms in total. The van der Waals surface area contributed by atoms with Gasteiger partial charge in [0.1, 0.15) is 0 Å². The molecule has 0 bridgehead atoms. The van der Waals surface area contributed by atoms with Crippen molar-refractivity contribution in [3.05, 3.63) is 48.2 Å². The predicted octanol–water partition coefficient (Wildman–Crippen LogP) is 3.74. The summed E-state index contributed by atoms with van der Waals surface area (Å²) < 4.78 is 11.0. The fourth-order valence-corrected chi connectivity index (χ4v) is 1.96. The molecule has 0 N–H and O–H groups in total. The molecule has 0 saturated carbocycles. The minimum atomic E-state index is -1.41. The Balaban J connectivity index is 2.42. The maximum atomic E-state index is 5.85. The SMILES string of the molecule is C=COCCc1ccc(CO[Si](C)(C)C)cc1. The van der Waals surface area contributed by atoms with E-state index in [4.69, 9.17) is 9.16 Å². The quantitative estimate of drug-likeness (QED) is 0.417. The zero-order valence-corrected chi connectivity index (χ0v) is 12.0. The van der Waals surface area contributed by atoms with Gasteiger partial charge in [0, 0.05) is 6.42 Å². The molecule has 0 aliphatic heterocycles. The van der Waals surface area contributed by atoms with Crippen LogP contribution in [0.1, 0.15) is 11.1 Å². The van der Waals surface area contributed by atoms with Gasteiger partial charge in [-0.25, -0.2) is 0 Å². The maximum Gasteiger partial charge on any atom is 0.184 e. The molecule has 0 spiro atoms. The van der Waals surface area contributed by atoms with Gasteiger partial charge >= 0.3 is 0 Å². The lowest BCUT2D eigenvalue weighted by Gasteiger charge is -2.17. The van der Waals surface area contributed by atoms with E-state index in [9.17, 15) is 0 Å². The molecule has 0 unspecified atom stereocenters. The number of ether oxygens (including phenoxy) is 1. The fourth-order valence-electron chi connectivity index (χ4n) is 1.36. The molecule has 3 heteroatoms. The molecule has 0 fully saturated rings. The summed E-state index contributed by atoms with van der Waals surface area (Å²) in [7, 11) is -1.41. The third-order valence-electron chi connectivity index (χ3n) is 2.32. The lowest BCUT2D eigenvalue weighted by Crippen LogP contribution is -2.24. The third kappa shape index (κ3) is 6.29. The molecule has 0 radical (unpaired) electrons. The maximum absolute atomic E-state index is 5.85. The van der Waals surface area contributed by atoms with Gasteiger partial charge in [-0.05, 0) is 30.8 Å². The standard InChI is InChI=1S/C14H22O2Si/c1-5-15-11-10-13-6-8-14(9-7-13)12-16-17(2,3)4/h5-9H,1,10-12H2,2-4H3. The van der Waals surface area contributed by atoms with Crippen LogP contribution in [0.2, 0.25) is 19.6 Å². The van der Waals surface area contributed by atoms with Crippen molar-refractivity contribution in [3.63, 3.8) is 0 Å². The van der Waals surface area contributed by atoms with Crippen molar-refractivity contribution in [1.82, 2.24) is 0 Å². The summed E-state index contributed by atoms with van der Waals surface area (Å²) in [6.45, 7) is 11.5. The van der Waals surface area contributed by atoms with E-state index in [0.29, 0.717) is 6.61 Å². The average Bonchev–Trinajstić information content (AvgIpc) is 2.27. The Bertz CT molecular complexity index is 338. The zero-order valence-electron chi connectivity index (χ0n) is 11.0. The average molecular weight is 250 g/mol. The molecule has 0 atom stereocenters. The fraction of sp³-hybridized carbons (Fsp3) is 0.429. The van der Waals surface area contributed by atoms with E-state index in [1.54, 1.807) is 0 Å². The Morgan fingerprint density at radius 2 is 1.71 bits per heavy atom. The highest BCUT2D eigenvalue weighted by Crippen LogP contribution is 2.10. The number of benzene rings is 1. The second-order valence-electron chi connectivity index (χ2n) is 5.01. The summed E-state index contributed by atoms with van der Waals surface area (Å²) >= 11 is 0. The van der Waals surface area contributed by atoms with Gasteiger partial charge < -0.3 is 9.16 Å². The number of hydrogen-bond donors (Lipinski definition) is 0. The van der Waals surface area contributed by atoms with Crippen molar-refractivity contribution >= 4 is 8.32 Å². The molecular weight excluding hydrogens is 228 g/mol. The van der Waals surface area contributed by atoms with E-state index in [1.165, 1.54) is 17.4 Å². The highest BCUT2D eigenvalue weighted by Gasteiger charge is 2.13. The molecule has 17 heavy (non-hydrogen) atoms. The molecule has 1 rings (SSSR count). The molecule has 0 saturated heterocycles. The highest BCUT2D eigenvalue weighted by atomic mass is 28.4. The minimum Gasteiger partial charge on any atom is -0.501 e. The van der Waals surface area contributed by atoms with Gasteiger partial charge in [-0.15, -0.1) is 0 Å². The van der Waals surface area contributed by atoms with Gasteiger partial charge in [-0.1, -0.05) is 30.8 Å². The monoisotopic (exact) mass is 250 g/mol. The van der Waals surface area contributed by atoms with Gasteiger partial charge in [0.2, 0.25) is 0 Å². The van der Waals surface area contributed by atoms with Gasteiger partial charge in [-0.3, -0.25) is 0 Å². The summed E-state index contributed by atoms with van der Waals surface area (Å²) in [6.07, 6.45) is 2.40. The van der Waals surface area contributed by atoms with E-state index in [0.717, 1.165) is 13.0 Å². The summed E-state index contributed by atoms with van der Waals surface area (Å²) in [5.74, 6) is 0. The lowest BCUT2D eigenvalue weighted by atomic mass is 10.1. The Morgan fingerprint density at radius 3 is 2.24 bits per heavy atom. The first kappa shape index (κ1) is 14.0. The highest BCUT2D eigenvalue weighted by molar-refractivity contribution is 6.69. The molecular formula is C14H22O2Si. The smallest absolute Gasteiger partial charge is 0.184 e. The van der Waals surface area contributed by atoms with Crippen LogP contribution in [0.25, 0.3) is 0 Å². The Kier molecular flexibility index (Phi) is 5.45. The van der Waals surface area contributed by atoms with Crippen molar-refractivity contribution in [2.45, 2.75) is 32.7 Å². The minimum absolute atomic E-state index is 0.689. The van der Waals surface area contributed by atoms with Crippen LogP contribution in [0, 0.1) is 0 Å². The summed E-state index contributed by atoms with van der Waals surface area (Å²) in [5.41, 5.74) is 2.52. The third-order valence-corrected chi connectivity index (χ3v) is 3.33. The van der Waals surface area contributed by atoms with Crippen LogP contribution in [-0.4, -0.2) is 14.9 Å². The first-order valence-electron chi connectivity index (χ1n) is 5.95. The Hall–Kier alpha value is -1.06. The van der Waals surface area contributed by atoms with Crippen molar-refractivity contribution in [2.24, 2.45) is 0 Å². The van der Waals surface area contributed by atoms with E-state index in [-0.39, 0.29) is 0 Å². The molecule has 0 aliphatic rings. The van der Waals surface area contributed by atoms with E-state index in [2.05, 4.69) is 50.5 Å². The van der Waals surface area contributed by atoms with Crippen molar-refractivity contribution < 1.29 is 9.16 Å². The summed E-state index contributed by atoms with van der Waals surface area (Å²) in [6, 6.07) is 8.53. The molecule has 94 valence electrons. The van der Waals surface area contributed by atoms with Crippen LogP contribution >= 0.6 is 0 Å². The second-order valence-corrected chi connectivity index (χ2v) is 9.52. The van der Waals surface area contributed by atoms with Crippen molar-refractivity contribution in [1.29, 1.82) is 0 Å². The first-order chi connectivity index (χ1) is 8.01. The predicted molar refractivity (Wildman–Crippen MR) is 74.4 cm³/mol. The molecule has 0 amide bonds. The van der Waals surface area contributed by atoms with E-state index >= 15 is 0 Å². The van der Waals surface area contributed by atoms with E-state index in [1.807, 2.05) is 0 Å². The van der Waals surface area contributed by atoms with Gasteiger partial charge in [0.25, 0.3) is 0 Å². The van der Waals surface area contributed by atoms with Crippen LogP contribution in [0.15, 0.2) is 37.1 Å². The van der Waals surface area contributed by atoms with Crippen LogP contribution in [0.4, 0.5) is 0 Å². The molecule has 0 aromatic heterocycles. The van der Waals surface area contributed by atoms with Crippen molar-refractivity contribution in [2.75, 3.05) is 6.61 Å². The second kappa shape index (κ2) is 6.62. The number of rotatable bonds is 7.